The van der Waals surface area contributed by atoms with Gasteiger partial charge >= 0.3 is 6.03 Å². The monoisotopic (exact) mass is 568 g/mol. The van der Waals surface area contributed by atoms with Crippen molar-refractivity contribution in [3.63, 3.8) is 0 Å². The van der Waals surface area contributed by atoms with Crippen LogP contribution in [0.5, 0.6) is 0 Å². The number of anilines is 1. The van der Waals surface area contributed by atoms with E-state index in [1.165, 1.54) is 12.1 Å². The maximum atomic E-state index is 13.9. The molecule has 0 unspecified atom stereocenters. The van der Waals surface area contributed by atoms with Crippen molar-refractivity contribution < 1.29 is 14.0 Å². The standard InChI is InChI=1S/C35H41FN4O2/c1-23(2)29-9-7-10-30(24(3)4)34(29)38-35(42)40(28-16-17-28)22-33(41)39(21-25-12-14-27(36)15-13-25)19-18-26-20-37-32-11-6-5-8-31(26)32/h5-15,20,23-24,28,37H,16-19,21-22H2,1-4H3,(H,38,42). The molecule has 0 bridgehead atoms. The molecule has 4 aromatic rings. The number of H-pyrrole nitrogens is 1. The number of urea groups is 1. The minimum absolute atomic E-state index is 0.00750. The second-order valence-electron chi connectivity index (χ2n) is 12.0. The maximum Gasteiger partial charge on any atom is 0.322 e. The van der Waals surface area contributed by atoms with Crippen LogP contribution in [0.15, 0.2) is 72.9 Å². The molecule has 3 aromatic carbocycles. The van der Waals surface area contributed by atoms with Gasteiger partial charge in [0.25, 0.3) is 0 Å². The Morgan fingerprint density at radius 3 is 2.24 bits per heavy atom. The van der Waals surface area contributed by atoms with Crippen LogP contribution in [-0.2, 0) is 17.8 Å². The first-order valence-corrected chi connectivity index (χ1v) is 15.0. The van der Waals surface area contributed by atoms with E-state index in [1.54, 1.807) is 21.9 Å². The summed E-state index contributed by atoms with van der Waals surface area (Å²) in [6, 6.07) is 20.4. The molecular formula is C35H41FN4O2. The quantitative estimate of drug-likeness (QED) is 0.194. The van der Waals surface area contributed by atoms with Gasteiger partial charge in [0.15, 0.2) is 0 Å². The topological polar surface area (TPSA) is 68.4 Å². The molecule has 0 atom stereocenters. The molecular weight excluding hydrogens is 527 g/mol. The summed E-state index contributed by atoms with van der Waals surface area (Å²) in [5.74, 6) is 0.0494. The molecule has 1 aliphatic rings. The number of hydrogen-bond acceptors (Lipinski definition) is 2. The molecule has 1 aromatic heterocycles. The van der Waals surface area contributed by atoms with E-state index >= 15 is 0 Å². The number of nitrogens with zero attached hydrogens (tertiary/aromatic N) is 2. The van der Waals surface area contributed by atoms with Crippen LogP contribution in [0.4, 0.5) is 14.9 Å². The summed E-state index contributed by atoms with van der Waals surface area (Å²) in [6.45, 7) is 9.31. The van der Waals surface area contributed by atoms with Crippen molar-refractivity contribution in [1.82, 2.24) is 14.8 Å². The van der Waals surface area contributed by atoms with E-state index in [2.05, 4.69) is 56.2 Å². The Hall–Kier alpha value is -4.13. The number of para-hydroxylation sites is 2. The fraction of sp³-hybridized carbons (Fsp3) is 0.371. The van der Waals surface area contributed by atoms with E-state index in [1.807, 2.05) is 30.5 Å². The Bertz CT molecular complexity index is 1510. The van der Waals surface area contributed by atoms with Gasteiger partial charge in [-0.3, -0.25) is 4.79 Å². The van der Waals surface area contributed by atoms with E-state index < -0.39 is 0 Å². The van der Waals surface area contributed by atoms with Crippen LogP contribution >= 0.6 is 0 Å². The Balaban J connectivity index is 1.36. The summed E-state index contributed by atoms with van der Waals surface area (Å²) in [6.07, 6.45) is 4.42. The smallest absolute Gasteiger partial charge is 0.322 e. The first-order chi connectivity index (χ1) is 20.2. The summed E-state index contributed by atoms with van der Waals surface area (Å²) in [5, 5.41) is 4.34. The van der Waals surface area contributed by atoms with Crippen LogP contribution in [-0.4, -0.2) is 45.9 Å². The Morgan fingerprint density at radius 1 is 0.929 bits per heavy atom. The number of carbonyl (C=O) groups excluding carboxylic acids is 2. The summed E-state index contributed by atoms with van der Waals surface area (Å²) < 4.78 is 13.6. The average Bonchev–Trinajstić information content (AvgIpc) is 3.73. The van der Waals surface area contributed by atoms with Crippen molar-refractivity contribution in [1.29, 1.82) is 0 Å². The molecule has 0 saturated heterocycles. The molecule has 7 heteroatoms. The van der Waals surface area contributed by atoms with Gasteiger partial charge in [-0.25, -0.2) is 9.18 Å². The Kier molecular flexibility index (Phi) is 8.95. The number of halogens is 1. The highest BCUT2D eigenvalue weighted by Gasteiger charge is 2.35. The minimum atomic E-state index is -0.311. The molecule has 42 heavy (non-hydrogen) atoms. The number of rotatable bonds is 11. The highest BCUT2D eigenvalue weighted by atomic mass is 19.1. The van der Waals surface area contributed by atoms with Gasteiger partial charge in [0.2, 0.25) is 5.91 Å². The molecule has 220 valence electrons. The van der Waals surface area contributed by atoms with Crippen LogP contribution in [0.2, 0.25) is 0 Å². The number of aromatic amines is 1. The number of benzene rings is 3. The second-order valence-corrected chi connectivity index (χ2v) is 12.0. The molecule has 1 heterocycles. The average molecular weight is 569 g/mol. The van der Waals surface area contributed by atoms with E-state index in [9.17, 15) is 14.0 Å². The third kappa shape index (κ3) is 6.84. The van der Waals surface area contributed by atoms with Crippen LogP contribution in [0, 0.1) is 5.82 Å². The van der Waals surface area contributed by atoms with Gasteiger partial charge in [-0.1, -0.05) is 76.2 Å². The lowest BCUT2D eigenvalue weighted by molar-refractivity contribution is -0.132. The fourth-order valence-corrected chi connectivity index (χ4v) is 5.57. The number of aromatic nitrogens is 1. The predicted octanol–water partition coefficient (Wildman–Crippen LogP) is 7.82. The van der Waals surface area contributed by atoms with Gasteiger partial charge in [0.05, 0.1) is 0 Å². The fourth-order valence-electron chi connectivity index (χ4n) is 5.57. The molecule has 6 nitrogen and oxygen atoms in total. The van der Waals surface area contributed by atoms with Gasteiger partial charge in [-0.15, -0.1) is 0 Å². The third-order valence-corrected chi connectivity index (χ3v) is 8.12. The lowest BCUT2D eigenvalue weighted by atomic mass is 9.93. The summed E-state index contributed by atoms with van der Waals surface area (Å²) in [5.41, 5.74) is 6.07. The molecule has 3 amide bonds. The highest BCUT2D eigenvalue weighted by Crippen LogP contribution is 2.34. The summed E-state index contributed by atoms with van der Waals surface area (Å²) in [4.78, 5) is 34.5. The Morgan fingerprint density at radius 2 is 1.60 bits per heavy atom. The first kappa shape index (κ1) is 29.4. The second kappa shape index (κ2) is 12.8. The zero-order valence-corrected chi connectivity index (χ0v) is 25.0. The molecule has 5 rings (SSSR count). The third-order valence-electron chi connectivity index (χ3n) is 8.12. The maximum absolute atomic E-state index is 13.9. The highest BCUT2D eigenvalue weighted by molar-refractivity contribution is 5.94. The predicted molar refractivity (Wildman–Crippen MR) is 167 cm³/mol. The number of hydrogen-bond donors (Lipinski definition) is 2. The molecule has 0 spiro atoms. The molecule has 0 aliphatic heterocycles. The molecule has 1 saturated carbocycles. The van der Waals surface area contributed by atoms with Crippen LogP contribution in [0.1, 0.15) is 74.6 Å². The summed E-state index contributed by atoms with van der Waals surface area (Å²) in [7, 11) is 0. The number of carbonyl (C=O) groups is 2. The van der Waals surface area contributed by atoms with Crippen molar-refractivity contribution in [2.75, 3.05) is 18.4 Å². The Labute approximate surface area is 247 Å². The van der Waals surface area contributed by atoms with Crippen molar-refractivity contribution in [2.45, 2.75) is 71.4 Å². The number of nitrogens with one attached hydrogen (secondary N) is 2. The van der Waals surface area contributed by atoms with Crippen molar-refractivity contribution in [3.8, 4) is 0 Å². The van der Waals surface area contributed by atoms with Crippen LogP contribution in [0.25, 0.3) is 10.9 Å². The van der Waals surface area contributed by atoms with Gasteiger partial charge in [0.1, 0.15) is 12.4 Å². The number of amides is 3. The normalized spacial score (nSPS) is 13.1. The van der Waals surface area contributed by atoms with Gasteiger partial charge in [-0.2, -0.15) is 0 Å². The van der Waals surface area contributed by atoms with Crippen LogP contribution in [0.3, 0.4) is 0 Å². The lowest BCUT2D eigenvalue weighted by Crippen LogP contribution is -2.46. The van der Waals surface area contributed by atoms with Gasteiger partial charge in [-0.05, 0) is 71.6 Å². The zero-order valence-electron chi connectivity index (χ0n) is 25.0. The van der Waals surface area contributed by atoms with Crippen molar-refractivity contribution >= 4 is 28.5 Å². The SMILES string of the molecule is CC(C)c1cccc(C(C)C)c1NC(=O)N(CC(=O)N(CCc1c[nH]c2ccccc12)Cc1ccc(F)cc1)C1CC1. The van der Waals surface area contributed by atoms with Gasteiger partial charge in [0, 0.05) is 41.9 Å². The first-order valence-electron chi connectivity index (χ1n) is 15.0. The molecule has 1 aliphatic carbocycles. The van der Waals surface area contributed by atoms with E-state index in [0.717, 1.165) is 51.7 Å². The van der Waals surface area contributed by atoms with E-state index in [4.69, 9.17) is 0 Å². The zero-order chi connectivity index (χ0) is 29.8. The van der Waals surface area contributed by atoms with Gasteiger partial charge < -0.3 is 20.1 Å². The molecule has 0 radical (unpaired) electrons. The van der Waals surface area contributed by atoms with Crippen LogP contribution < -0.4 is 5.32 Å². The van der Waals surface area contributed by atoms with E-state index in [-0.39, 0.29) is 42.2 Å². The van der Waals surface area contributed by atoms with Crippen molar-refractivity contribution in [2.24, 2.45) is 0 Å². The minimum Gasteiger partial charge on any atom is -0.361 e. The largest absolute Gasteiger partial charge is 0.361 e. The van der Waals surface area contributed by atoms with Crippen molar-refractivity contribution in [3.05, 3.63) is 101 Å². The summed E-state index contributed by atoms with van der Waals surface area (Å²) >= 11 is 0. The van der Waals surface area contributed by atoms with E-state index in [0.29, 0.717) is 19.5 Å². The lowest BCUT2D eigenvalue weighted by Gasteiger charge is -2.29. The molecule has 2 N–H and O–H groups in total. The molecule has 1 fully saturated rings. The number of fused-ring (bicyclic) bond motifs is 1.